The minimum atomic E-state index is -0.254. The normalized spacial score (nSPS) is 12.2. The maximum Gasteiger partial charge on any atom is 0.160 e. The van der Waals surface area contributed by atoms with Crippen molar-refractivity contribution in [2.75, 3.05) is 13.7 Å². The van der Waals surface area contributed by atoms with Gasteiger partial charge in [0.15, 0.2) is 11.5 Å². The molecule has 2 rings (SSSR count). The second-order valence-electron chi connectivity index (χ2n) is 4.69. The molecule has 2 aromatic rings. The van der Waals surface area contributed by atoms with Gasteiger partial charge in [0.1, 0.15) is 5.82 Å². The molecule has 0 bridgehead atoms. The van der Waals surface area contributed by atoms with Crippen molar-refractivity contribution in [3.05, 3.63) is 59.4 Å². The number of ether oxygens (including phenoxy) is 1. The van der Waals surface area contributed by atoms with E-state index in [-0.39, 0.29) is 17.5 Å². The smallest absolute Gasteiger partial charge is 0.160 e. The van der Waals surface area contributed by atoms with Gasteiger partial charge in [-0.2, -0.15) is 0 Å². The van der Waals surface area contributed by atoms with Crippen molar-refractivity contribution in [2.24, 2.45) is 5.73 Å². The first-order valence-corrected chi connectivity index (χ1v) is 6.45. The summed E-state index contributed by atoms with van der Waals surface area (Å²) >= 11 is 0. The molecule has 20 heavy (non-hydrogen) atoms. The highest BCUT2D eigenvalue weighted by atomic mass is 19.1. The van der Waals surface area contributed by atoms with Crippen molar-refractivity contribution in [1.29, 1.82) is 0 Å². The Morgan fingerprint density at radius 3 is 2.50 bits per heavy atom. The maximum atomic E-state index is 12.9. The SMILES string of the molecule is COc1cc(CC(CN)c2ccc(F)cc2)ccc1O. The number of rotatable bonds is 5. The summed E-state index contributed by atoms with van der Waals surface area (Å²) < 4.78 is 18.0. The van der Waals surface area contributed by atoms with Crippen molar-refractivity contribution in [3.8, 4) is 11.5 Å². The fraction of sp³-hybridized carbons (Fsp3) is 0.250. The van der Waals surface area contributed by atoms with E-state index < -0.39 is 0 Å². The predicted octanol–water partition coefficient (Wildman–Crippen LogP) is 2.82. The van der Waals surface area contributed by atoms with Crippen molar-refractivity contribution in [1.82, 2.24) is 0 Å². The number of methoxy groups -OCH3 is 1. The molecule has 0 aliphatic carbocycles. The quantitative estimate of drug-likeness (QED) is 0.882. The van der Waals surface area contributed by atoms with Crippen molar-refractivity contribution in [3.63, 3.8) is 0 Å². The Labute approximate surface area is 117 Å². The molecule has 0 saturated heterocycles. The van der Waals surface area contributed by atoms with Crippen LogP contribution in [0.2, 0.25) is 0 Å². The summed E-state index contributed by atoms with van der Waals surface area (Å²) in [5, 5.41) is 9.58. The summed E-state index contributed by atoms with van der Waals surface area (Å²) in [5.74, 6) is 0.403. The lowest BCUT2D eigenvalue weighted by molar-refractivity contribution is 0.373. The van der Waals surface area contributed by atoms with E-state index in [9.17, 15) is 9.50 Å². The lowest BCUT2D eigenvalue weighted by Crippen LogP contribution is -2.15. The van der Waals surface area contributed by atoms with E-state index in [4.69, 9.17) is 10.5 Å². The Morgan fingerprint density at radius 1 is 1.20 bits per heavy atom. The van der Waals surface area contributed by atoms with E-state index in [0.29, 0.717) is 18.7 Å². The van der Waals surface area contributed by atoms with E-state index in [2.05, 4.69) is 0 Å². The molecular weight excluding hydrogens is 257 g/mol. The number of hydrogen-bond acceptors (Lipinski definition) is 3. The summed E-state index contributed by atoms with van der Waals surface area (Å²) in [6.07, 6.45) is 0.707. The van der Waals surface area contributed by atoms with Crippen molar-refractivity contribution < 1.29 is 14.2 Å². The molecule has 0 aliphatic heterocycles. The fourth-order valence-electron chi connectivity index (χ4n) is 2.21. The third-order valence-corrected chi connectivity index (χ3v) is 3.35. The molecule has 0 amide bonds. The molecule has 0 spiro atoms. The zero-order valence-corrected chi connectivity index (χ0v) is 11.3. The maximum absolute atomic E-state index is 12.9. The van der Waals surface area contributed by atoms with E-state index >= 15 is 0 Å². The van der Waals surface area contributed by atoms with Gasteiger partial charge >= 0.3 is 0 Å². The standard InChI is InChI=1S/C16H18FNO2/c1-20-16-9-11(2-7-15(16)19)8-13(10-18)12-3-5-14(17)6-4-12/h2-7,9,13,19H,8,10,18H2,1H3. The Hall–Kier alpha value is -2.07. The van der Waals surface area contributed by atoms with Gasteiger partial charge in [-0.05, 0) is 48.4 Å². The zero-order valence-electron chi connectivity index (χ0n) is 11.3. The molecule has 3 N–H and O–H groups in total. The van der Waals surface area contributed by atoms with Gasteiger partial charge < -0.3 is 15.6 Å². The Balaban J connectivity index is 2.19. The minimum Gasteiger partial charge on any atom is -0.504 e. The lowest BCUT2D eigenvalue weighted by atomic mass is 9.92. The topological polar surface area (TPSA) is 55.5 Å². The Morgan fingerprint density at radius 2 is 1.90 bits per heavy atom. The minimum absolute atomic E-state index is 0.102. The second kappa shape index (κ2) is 6.39. The molecule has 0 aromatic heterocycles. The molecule has 0 heterocycles. The van der Waals surface area contributed by atoms with Crippen LogP contribution in [-0.2, 0) is 6.42 Å². The molecule has 2 aromatic carbocycles. The van der Waals surface area contributed by atoms with Crippen LogP contribution in [0, 0.1) is 5.82 Å². The average Bonchev–Trinajstić information content (AvgIpc) is 2.47. The van der Waals surface area contributed by atoms with E-state index in [0.717, 1.165) is 11.1 Å². The summed E-state index contributed by atoms with van der Waals surface area (Å²) in [6.45, 7) is 0.467. The summed E-state index contributed by atoms with van der Waals surface area (Å²) in [6, 6.07) is 11.6. The highest BCUT2D eigenvalue weighted by molar-refractivity contribution is 5.42. The van der Waals surface area contributed by atoms with E-state index in [1.807, 2.05) is 6.07 Å². The lowest BCUT2D eigenvalue weighted by Gasteiger charge is -2.16. The van der Waals surface area contributed by atoms with Gasteiger partial charge in [-0.1, -0.05) is 18.2 Å². The number of aromatic hydroxyl groups is 1. The van der Waals surface area contributed by atoms with E-state index in [1.54, 1.807) is 24.3 Å². The van der Waals surface area contributed by atoms with Crippen LogP contribution >= 0.6 is 0 Å². The largest absolute Gasteiger partial charge is 0.504 e. The Bertz CT molecular complexity index is 569. The number of phenolic OH excluding ortho intramolecular Hbond substituents is 1. The third-order valence-electron chi connectivity index (χ3n) is 3.35. The number of phenols is 1. The van der Waals surface area contributed by atoms with Crippen LogP contribution in [0.25, 0.3) is 0 Å². The molecule has 1 atom stereocenters. The summed E-state index contributed by atoms with van der Waals surface area (Å²) in [5.41, 5.74) is 7.83. The molecule has 4 heteroatoms. The molecule has 0 saturated carbocycles. The van der Waals surface area contributed by atoms with Crippen LogP contribution in [0.3, 0.4) is 0 Å². The van der Waals surface area contributed by atoms with Crippen LogP contribution < -0.4 is 10.5 Å². The van der Waals surface area contributed by atoms with Gasteiger partial charge in [0.2, 0.25) is 0 Å². The highest BCUT2D eigenvalue weighted by Gasteiger charge is 2.12. The van der Waals surface area contributed by atoms with Gasteiger partial charge in [-0.25, -0.2) is 4.39 Å². The Kier molecular flexibility index (Phi) is 4.58. The van der Waals surface area contributed by atoms with Crippen LogP contribution in [0.5, 0.6) is 11.5 Å². The van der Waals surface area contributed by atoms with Gasteiger partial charge in [0.05, 0.1) is 7.11 Å². The van der Waals surface area contributed by atoms with Gasteiger partial charge in [0.25, 0.3) is 0 Å². The number of nitrogens with two attached hydrogens (primary N) is 1. The highest BCUT2D eigenvalue weighted by Crippen LogP contribution is 2.29. The first-order chi connectivity index (χ1) is 9.63. The van der Waals surface area contributed by atoms with Crippen LogP contribution in [-0.4, -0.2) is 18.8 Å². The molecule has 3 nitrogen and oxygen atoms in total. The number of halogens is 1. The fourth-order valence-corrected chi connectivity index (χ4v) is 2.21. The van der Waals surface area contributed by atoms with Crippen LogP contribution in [0.1, 0.15) is 17.0 Å². The predicted molar refractivity (Wildman–Crippen MR) is 76.6 cm³/mol. The number of benzene rings is 2. The second-order valence-corrected chi connectivity index (χ2v) is 4.69. The molecule has 1 unspecified atom stereocenters. The van der Waals surface area contributed by atoms with E-state index in [1.165, 1.54) is 19.2 Å². The van der Waals surface area contributed by atoms with Crippen molar-refractivity contribution >= 4 is 0 Å². The summed E-state index contributed by atoms with van der Waals surface area (Å²) in [4.78, 5) is 0. The number of hydrogen-bond donors (Lipinski definition) is 2. The molecule has 0 aliphatic rings. The van der Waals surface area contributed by atoms with Crippen LogP contribution in [0.4, 0.5) is 4.39 Å². The molecular formula is C16H18FNO2. The van der Waals surface area contributed by atoms with Crippen LogP contribution in [0.15, 0.2) is 42.5 Å². The van der Waals surface area contributed by atoms with Gasteiger partial charge in [-0.3, -0.25) is 0 Å². The molecule has 0 fully saturated rings. The third kappa shape index (κ3) is 3.27. The van der Waals surface area contributed by atoms with Gasteiger partial charge in [0, 0.05) is 5.92 Å². The summed E-state index contributed by atoms with van der Waals surface area (Å²) in [7, 11) is 1.51. The zero-order chi connectivity index (χ0) is 14.5. The molecule has 0 radical (unpaired) electrons. The monoisotopic (exact) mass is 275 g/mol. The first-order valence-electron chi connectivity index (χ1n) is 6.45. The van der Waals surface area contributed by atoms with Crippen molar-refractivity contribution in [2.45, 2.75) is 12.3 Å². The first kappa shape index (κ1) is 14.3. The average molecular weight is 275 g/mol. The van der Waals surface area contributed by atoms with Gasteiger partial charge in [-0.15, -0.1) is 0 Å². The molecule has 106 valence electrons.